The van der Waals surface area contributed by atoms with Crippen LogP contribution >= 0.6 is 11.3 Å². The number of thiazole rings is 1. The van der Waals surface area contributed by atoms with Gasteiger partial charge in [-0.3, -0.25) is 4.79 Å². The van der Waals surface area contributed by atoms with Gasteiger partial charge < -0.3 is 10.2 Å². The van der Waals surface area contributed by atoms with Crippen LogP contribution in [0, 0.1) is 20.8 Å². The molecule has 0 aliphatic carbocycles. The van der Waals surface area contributed by atoms with Crippen molar-refractivity contribution in [2.75, 3.05) is 11.9 Å². The summed E-state index contributed by atoms with van der Waals surface area (Å²) in [4.78, 5) is 33.4. The fourth-order valence-corrected chi connectivity index (χ4v) is 4.32. The first kappa shape index (κ1) is 18.5. The van der Waals surface area contributed by atoms with Crippen molar-refractivity contribution in [2.24, 2.45) is 0 Å². The van der Waals surface area contributed by atoms with E-state index in [9.17, 15) is 4.79 Å². The molecule has 1 fully saturated rings. The molecule has 144 valence electrons. The maximum Gasteiger partial charge on any atom is 0.266 e. The lowest BCUT2D eigenvalue weighted by Crippen LogP contribution is -2.31. The Hall–Kier alpha value is -2.87. The molecule has 3 aromatic rings. The molecule has 0 saturated carbocycles. The van der Waals surface area contributed by atoms with E-state index in [4.69, 9.17) is 4.98 Å². The van der Waals surface area contributed by atoms with Gasteiger partial charge in [0.1, 0.15) is 10.7 Å². The molecule has 7 nitrogen and oxygen atoms in total. The largest absolute Gasteiger partial charge is 0.329 e. The Morgan fingerprint density at radius 3 is 2.68 bits per heavy atom. The van der Waals surface area contributed by atoms with E-state index in [1.165, 1.54) is 11.3 Å². The molecule has 8 heteroatoms. The number of hydrogen-bond acceptors (Lipinski definition) is 7. The fourth-order valence-electron chi connectivity index (χ4n) is 3.56. The second-order valence-corrected chi connectivity index (χ2v) is 7.83. The highest BCUT2D eigenvalue weighted by Crippen LogP contribution is 2.33. The van der Waals surface area contributed by atoms with Crippen LogP contribution < -0.4 is 5.32 Å². The molecule has 0 bridgehead atoms. The molecule has 4 heterocycles. The van der Waals surface area contributed by atoms with Crippen molar-refractivity contribution in [1.29, 1.82) is 0 Å². The summed E-state index contributed by atoms with van der Waals surface area (Å²) >= 11 is 1.40. The summed E-state index contributed by atoms with van der Waals surface area (Å²) in [6, 6.07) is 7.71. The lowest BCUT2D eigenvalue weighted by Gasteiger charge is -2.24. The Bertz CT molecular complexity index is 997. The molecule has 0 aromatic carbocycles. The summed E-state index contributed by atoms with van der Waals surface area (Å²) in [5, 5.41) is 3.19. The minimum atomic E-state index is -0.0316. The van der Waals surface area contributed by atoms with E-state index < -0.39 is 0 Å². The molecule has 3 aromatic heterocycles. The Morgan fingerprint density at radius 2 is 1.96 bits per heavy atom. The van der Waals surface area contributed by atoms with Gasteiger partial charge in [-0.05, 0) is 51.8 Å². The lowest BCUT2D eigenvalue weighted by molar-refractivity contribution is 0.0737. The Balaban J connectivity index is 1.58. The van der Waals surface area contributed by atoms with Crippen LogP contribution in [0.2, 0.25) is 0 Å². The first-order valence-corrected chi connectivity index (χ1v) is 10.2. The van der Waals surface area contributed by atoms with Crippen LogP contribution in [-0.2, 0) is 0 Å². The Labute approximate surface area is 167 Å². The van der Waals surface area contributed by atoms with Crippen LogP contribution in [0.25, 0.3) is 0 Å². The number of carbonyl (C=O) groups is 1. The maximum atomic E-state index is 13.0. The van der Waals surface area contributed by atoms with Crippen molar-refractivity contribution in [1.82, 2.24) is 24.8 Å². The predicted octanol–water partition coefficient (Wildman–Crippen LogP) is 3.97. The van der Waals surface area contributed by atoms with Gasteiger partial charge in [-0.1, -0.05) is 6.07 Å². The molecule has 0 unspecified atom stereocenters. The normalized spacial score (nSPS) is 16.4. The standard InChI is InChI=1S/C20H22N6OS/c1-12-10-13(2)23-20(22-12)25-17-8-4-6-15(24-17)16-7-5-9-26(16)19(27)18-14(3)21-11-28-18/h4,6,8,10-11,16H,5,7,9H2,1-3H3,(H,22,23,24,25)/t16-/m0/s1. The summed E-state index contributed by atoms with van der Waals surface area (Å²) in [7, 11) is 0. The summed E-state index contributed by atoms with van der Waals surface area (Å²) in [5.74, 6) is 1.25. The fraction of sp³-hybridized carbons (Fsp3) is 0.350. The van der Waals surface area contributed by atoms with E-state index in [0.29, 0.717) is 16.6 Å². The van der Waals surface area contributed by atoms with Gasteiger partial charge in [0.15, 0.2) is 0 Å². The average Bonchev–Trinajstić information content (AvgIpc) is 3.29. The average molecular weight is 395 g/mol. The van der Waals surface area contributed by atoms with Crippen molar-refractivity contribution in [2.45, 2.75) is 39.7 Å². The highest BCUT2D eigenvalue weighted by Gasteiger charge is 2.33. The zero-order valence-corrected chi connectivity index (χ0v) is 17.0. The van der Waals surface area contributed by atoms with Crippen molar-refractivity contribution in [3.8, 4) is 0 Å². The van der Waals surface area contributed by atoms with Crippen molar-refractivity contribution in [3.63, 3.8) is 0 Å². The summed E-state index contributed by atoms with van der Waals surface area (Å²) in [6.07, 6.45) is 1.87. The van der Waals surface area contributed by atoms with E-state index in [-0.39, 0.29) is 11.9 Å². The van der Waals surface area contributed by atoms with E-state index in [1.54, 1.807) is 5.51 Å². The number of aryl methyl sites for hydroxylation is 3. The molecule has 1 N–H and O–H groups in total. The maximum absolute atomic E-state index is 13.0. The molecule has 1 saturated heterocycles. The number of hydrogen-bond donors (Lipinski definition) is 1. The number of pyridine rings is 1. The van der Waals surface area contributed by atoms with Crippen LogP contribution in [0.5, 0.6) is 0 Å². The minimum absolute atomic E-state index is 0.0316. The van der Waals surface area contributed by atoms with Crippen molar-refractivity contribution >= 4 is 29.0 Å². The Kier molecular flexibility index (Phi) is 5.04. The second kappa shape index (κ2) is 7.63. The topological polar surface area (TPSA) is 83.9 Å². The number of likely N-dealkylation sites (tertiary alicyclic amines) is 1. The van der Waals surface area contributed by atoms with Crippen molar-refractivity contribution < 1.29 is 4.79 Å². The SMILES string of the molecule is Cc1cc(C)nc(Nc2cccc([C@@H]3CCCN3C(=O)c3scnc3C)n2)n1. The predicted molar refractivity (Wildman–Crippen MR) is 109 cm³/mol. The Morgan fingerprint density at radius 1 is 1.18 bits per heavy atom. The van der Waals surface area contributed by atoms with Crippen molar-refractivity contribution in [3.05, 3.63) is 57.4 Å². The van der Waals surface area contributed by atoms with Gasteiger partial charge >= 0.3 is 0 Å². The smallest absolute Gasteiger partial charge is 0.266 e. The van der Waals surface area contributed by atoms with Crippen LogP contribution in [0.4, 0.5) is 11.8 Å². The van der Waals surface area contributed by atoms with E-state index in [0.717, 1.165) is 42.2 Å². The summed E-state index contributed by atoms with van der Waals surface area (Å²) in [5.41, 5.74) is 5.19. The van der Waals surface area contributed by atoms with Crippen LogP contribution in [0.3, 0.4) is 0 Å². The highest BCUT2D eigenvalue weighted by molar-refractivity contribution is 7.11. The summed E-state index contributed by atoms with van der Waals surface area (Å²) in [6.45, 7) is 6.49. The van der Waals surface area contributed by atoms with Crippen LogP contribution in [0.1, 0.15) is 51.3 Å². The number of nitrogens with one attached hydrogen (secondary N) is 1. The quantitative estimate of drug-likeness (QED) is 0.721. The molecule has 28 heavy (non-hydrogen) atoms. The third kappa shape index (κ3) is 3.73. The van der Waals surface area contributed by atoms with Gasteiger partial charge in [-0.25, -0.2) is 19.9 Å². The van der Waals surface area contributed by atoms with Gasteiger partial charge in [0.05, 0.1) is 22.9 Å². The van der Waals surface area contributed by atoms with Crippen LogP contribution in [0.15, 0.2) is 29.8 Å². The molecule has 0 spiro atoms. The highest BCUT2D eigenvalue weighted by atomic mass is 32.1. The minimum Gasteiger partial charge on any atom is -0.329 e. The zero-order chi connectivity index (χ0) is 19.7. The number of aromatic nitrogens is 4. The number of anilines is 2. The summed E-state index contributed by atoms with van der Waals surface area (Å²) < 4.78 is 0. The van der Waals surface area contributed by atoms with E-state index >= 15 is 0 Å². The first-order chi connectivity index (χ1) is 13.5. The molecule has 1 aliphatic heterocycles. The third-order valence-corrected chi connectivity index (χ3v) is 5.70. The van der Waals surface area contributed by atoms with E-state index in [2.05, 4.69) is 20.3 Å². The van der Waals surface area contributed by atoms with Gasteiger partial charge in [-0.2, -0.15) is 0 Å². The molecule has 1 atom stereocenters. The zero-order valence-electron chi connectivity index (χ0n) is 16.1. The monoisotopic (exact) mass is 394 g/mol. The molecular weight excluding hydrogens is 372 g/mol. The van der Waals surface area contributed by atoms with Gasteiger partial charge in [0.2, 0.25) is 5.95 Å². The van der Waals surface area contributed by atoms with Gasteiger partial charge in [0, 0.05) is 17.9 Å². The lowest BCUT2D eigenvalue weighted by atomic mass is 10.1. The van der Waals surface area contributed by atoms with Crippen LogP contribution in [-0.4, -0.2) is 37.3 Å². The van der Waals surface area contributed by atoms with Gasteiger partial charge in [-0.15, -0.1) is 11.3 Å². The first-order valence-electron chi connectivity index (χ1n) is 9.28. The molecule has 4 rings (SSSR count). The second-order valence-electron chi connectivity index (χ2n) is 6.97. The molecule has 1 amide bonds. The number of rotatable bonds is 4. The molecule has 1 aliphatic rings. The number of nitrogens with zero attached hydrogens (tertiary/aromatic N) is 5. The molecular formula is C20H22N6OS. The number of carbonyl (C=O) groups excluding carboxylic acids is 1. The molecule has 0 radical (unpaired) electrons. The number of amides is 1. The van der Waals surface area contributed by atoms with E-state index in [1.807, 2.05) is 49.9 Å². The van der Waals surface area contributed by atoms with Gasteiger partial charge in [0.25, 0.3) is 5.91 Å². The third-order valence-electron chi connectivity index (χ3n) is 4.79.